The number of rotatable bonds is 3. The lowest BCUT2D eigenvalue weighted by Gasteiger charge is -2.12. The fourth-order valence-electron chi connectivity index (χ4n) is 3.54. The molecule has 1 unspecified atom stereocenters. The van der Waals surface area contributed by atoms with Crippen LogP contribution in [0.3, 0.4) is 0 Å². The minimum absolute atomic E-state index is 0.121. The Labute approximate surface area is 162 Å². The molecule has 0 aliphatic carbocycles. The number of carbonyl (C=O) groups excluding carboxylic acids is 1. The van der Waals surface area contributed by atoms with Gasteiger partial charge in [-0.2, -0.15) is 0 Å². The summed E-state index contributed by atoms with van der Waals surface area (Å²) in [5, 5.41) is 4.04. The summed E-state index contributed by atoms with van der Waals surface area (Å²) in [5.74, 6) is 0.711. The minimum atomic E-state index is -0.130. The Morgan fingerprint density at radius 1 is 0.929 bits per heavy atom. The molecule has 0 saturated carbocycles. The number of pyridine rings is 2. The van der Waals surface area contributed by atoms with Crippen LogP contribution in [-0.4, -0.2) is 22.5 Å². The van der Waals surface area contributed by atoms with Crippen LogP contribution in [0, 0.1) is 0 Å². The molecule has 1 aliphatic heterocycles. The van der Waals surface area contributed by atoms with E-state index in [0.717, 1.165) is 33.5 Å². The number of nitrogens with zero attached hydrogens (tertiary/aromatic N) is 2. The van der Waals surface area contributed by atoms with Crippen LogP contribution in [0.15, 0.2) is 79.1 Å². The minimum Gasteiger partial charge on any atom is -0.491 e. The van der Waals surface area contributed by atoms with Crippen molar-refractivity contribution < 1.29 is 9.53 Å². The van der Waals surface area contributed by atoms with E-state index < -0.39 is 0 Å². The van der Waals surface area contributed by atoms with E-state index >= 15 is 0 Å². The Kier molecular flexibility index (Phi) is 3.98. The highest BCUT2D eigenvalue weighted by molar-refractivity contribution is 5.96. The monoisotopic (exact) mass is 367 g/mol. The number of para-hydroxylation sites is 1. The Bertz CT molecular complexity index is 1170. The zero-order chi connectivity index (χ0) is 18.9. The molecule has 2 aromatic heterocycles. The van der Waals surface area contributed by atoms with Crippen molar-refractivity contribution in [2.75, 3.05) is 6.61 Å². The molecule has 1 aliphatic rings. The second-order valence-electron chi connectivity index (χ2n) is 6.68. The van der Waals surface area contributed by atoms with E-state index in [1.54, 1.807) is 12.4 Å². The summed E-state index contributed by atoms with van der Waals surface area (Å²) in [6.07, 6.45) is 3.52. The summed E-state index contributed by atoms with van der Waals surface area (Å²) in [6, 6.07) is 20.9. The molecule has 4 aromatic rings. The highest BCUT2D eigenvalue weighted by Crippen LogP contribution is 2.32. The van der Waals surface area contributed by atoms with Crippen LogP contribution < -0.4 is 10.1 Å². The highest BCUT2D eigenvalue weighted by atomic mass is 16.5. The predicted molar refractivity (Wildman–Crippen MR) is 107 cm³/mol. The van der Waals surface area contributed by atoms with Gasteiger partial charge in [-0.3, -0.25) is 14.8 Å². The first-order valence-corrected chi connectivity index (χ1v) is 9.12. The molecule has 1 amide bonds. The Hall–Kier alpha value is -3.73. The molecule has 5 heteroatoms. The van der Waals surface area contributed by atoms with E-state index in [1.165, 1.54) is 0 Å². The zero-order valence-electron chi connectivity index (χ0n) is 15.0. The van der Waals surface area contributed by atoms with Gasteiger partial charge in [0.15, 0.2) is 0 Å². The molecular weight excluding hydrogens is 350 g/mol. The highest BCUT2D eigenvalue weighted by Gasteiger charge is 2.25. The molecular formula is C23H17N3O2. The van der Waals surface area contributed by atoms with Crippen molar-refractivity contribution in [1.82, 2.24) is 15.3 Å². The van der Waals surface area contributed by atoms with Crippen molar-refractivity contribution in [3.05, 3.63) is 90.3 Å². The second-order valence-corrected chi connectivity index (χ2v) is 6.68. The molecule has 5 nitrogen and oxygen atoms in total. The maximum absolute atomic E-state index is 12.7. The lowest BCUT2D eigenvalue weighted by atomic mass is 10.0. The van der Waals surface area contributed by atoms with Gasteiger partial charge in [0.25, 0.3) is 5.91 Å². The van der Waals surface area contributed by atoms with Crippen LogP contribution in [0.4, 0.5) is 0 Å². The fraction of sp³-hybridized carbons (Fsp3) is 0.0870. The number of fused-ring (bicyclic) bond motifs is 2. The van der Waals surface area contributed by atoms with Crippen molar-refractivity contribution in [2.24, 2.45) is 0 Å². The maximum Gasteiger partial charge on any atom is 0.251 e. The first-order chi connectivity index (χ1) is 13.8. The van der Waals surface area contributed by atoms with Gasteiger partial charge in [-0.15, -0.1) is 0 Å². The van der Waals surface area contributed by atoms with Crippen LogP contribution in [0.2, 0.25) is 0 Å². The molecule has 3 heterocycles. The van der Waals surface area contributed by atoms with Crippen molar-refractivity contribution in [3.8, 4) is 17.0 Å². The van der Waals surface area contributed by atoms with Crippen molar-refractivity contribution >= 4 is 16.8 Å². The first-order valence-electron chi connectivity index (χ1n) is 9.12. The molecule has 1 N–H and O–H groups in total. The Morgan fingerprint density at radius 3 is 2.68 bits per heavy atom. The molecule has 136 valence electrons. The van der Waals surface area contributed by atoms with E-state index in [0.29, 0.717) is 12.2 Å². The van der Waals surface area contributed by atoms with Crippen molar-refractivity contribution in [2.45, 2.75) is 6.04 Å². The number of hydrogen-bond donors (Lipinski definition) is 1. The van der Waals surface area contributed by atoms with Gasteiger partial charge in [-0.05, 0) is 36.4 Å². The van der Waals surface area contributed by atoms with Gasteiger partial charge in [-0.1, -0.05) is 30.3 Å². The zero-order valence-corrected chi connectivity index (χ0v) is 15.0. The summed E-state index contributed by atoms with van der Waals surface area (Å²) in [7, 11) is 0. The molecule has 0 fully saturated rings. The van der Waals surface area contributed by atoms with Crippen LogP contribution >= 0.6 is 0 Å². The average molecular weight is 367 g/mol. The molecule has 1 atom stereocenters. The lowest BCUT2D eigenvalue weighted by Crippen LogP contribution is -2.29. The quantitative estimate of drug-likeness (QED) is 0.591. The SMILES string of the molecule is O=C(NC1COc2ccccc21)c1ccc(-c2nccc3ncccc23)cc1. The van der Waals surface area contributed by atoms with E-state index in [-0.39, 0.29) is 11.9 Å². The van der Waals surface area contributed by atoms with E-state index in [1.807, 2.05) is 66.7 Å². The molecule has 0 bridgehead atoms. The Morgan fingerprint density at radius 2 is 1.79 bits per heavy atom. The van der Waals surface area contributed by atoms with Crippen LogP contribution in [0.5, 0.6) is 5.75 Å². The van der Waals surface area contributed by atoms with Crippen molar-refractivity contribution in [3.63, 3.8) is 0 Å². The van der Waals surface area contributed by atoms with Gasteiger partial charge in [0.05, 0.1) is 17.3 Å². The number of benzene rings is 2. The molecule has 2 aromatic carbocycles. The summed E-state index contributed by atoms with van der Waals surface area (Å²) in [6.45, 7) is 0.454. The standard InChI is InChI=1S/C23H17N3O2/c27-23(26-20-14-28-21-6-2-1-4-17(20)21)16-9-7-15(8-10-16)22-18-5-3-12-24-19(18)11-13-25-22/h1-13,20H,14H2,(H,26,27). The van der Waals surface area contributed by atoms with Gasteiger partial charge in [0.1, 0.15) is 12.4 Å². The van der Waals surface area contributed by atoms with Gasteiger partial charge in [0.2, 0.25) is 0 Å². The summed E-state index contributed by atoms with van der Waals surface area (Å²) >= 11 is 0. The van der Waals surface area contributed by atoms with E-state index in [4.69, 9.17) is 4.74 Å². The van der Waals surface area contributed by atoms with Gasteiger partial charge < -0.3 is 10.1 Å². The fourth-order valence-corrected chi connectivity index (χ4v) is 3.54. The normalized spacial score (nSPS) is 15.1. The third-order valence-electron chi connectivity index (χ3n) is 4.96. The maximum atomic E-state index is 12.7. The summed E-state index contributed by atoms with van der Waals surface area (Å²) in [4.78, 5) is 21.6. The van der Waals surface area contributed by atoms with Gasteiger partial charge in [0, 0.05) is 34.5 Å². The molecule has 0 spiro atoms. The molecule has 0 saturated heterocycles. The van der Waals surface area contributed by atoms with E-state index in [9.17, 15) is 4.79 Å². The first kappa shape index (κ1) is 16.4. The average Bonchev–Trinajstić information content (AvgIpc) is 3.16. The predicted octanol–water partition coefficient (Wildman–Crippen LogP) is 4.16. The third-order valence-corrected chi connectivity index (χ3v) is 4.96. The number of hydrogen-bond acceptors (Lipinski definition) is 4. The molecule has 28 heavy (non-hydrogen) atoms. The van der Waals surface area contributed by atoms with Gasteiger partial charge >= 0.3 is 0 Å². The topological polar surface area (TPSA) is 64.1 Å². The number of nitrogens with one attached hydrogen (secondary N) is 1. The van der Waals surface area contributed by atoms with Gasteiger partial charge in [-0.25, -0.2) is 0 Å². The smallest absolute Gasteiger partial charge is 0.251 e. The molecule has 0 radical (unpaired) electrons. The van der Waals surface area contributed by atoms with Crippen LogP contribution in [-0.2, 0) is 0 Å². The lowest BCUT2D eigenvalue weighted by molar-refractivity contribution is 0.0930. The third kappa shape index (κ3) is 2.87. The van der Waals surface area contributed by atoms with Crippen LogP contribution in [0.1, 0.15) is 22.0 Å². The van der Waals surface area contributed by atoms with E-state index in [2.05, 4.69) is 15.3 Å². The molecule has 5 rings (SSSR count). The number of amides is 1. The number of ether oxygens (including phenoxy) is 1. The summed E-state index contributed by atoms with van der Waals surface area (Å²) in [5.41, 5.74) is 4.32. The Balaban J connectivity index is 1.39. The van der Waals surface area contributed by atoms with Crippen LogP contribution in [0.25, 0.3) is 22.2 Å². The number of aromatic nitrogens is 2. The second kappa shape index (κ2) is 6.78. The van der Waals surface area contributed by atoms with Crippen molar-refractivity contribution in [1.29, 1.82) is 0 Å². The largest absolute Gasteiger partial charge is 0.491 e. The number of carbonyl (C=O) groups is 1. The summed E-state index contributed by atoms with van der Waals surface area (Å²) < 4.78 is 5.64.